The van der Waals surface area contributed by atoms with Crippen molar-refractivity contribution in [2.75, 3.05) is 22.1 Å². The van der Waals surface area contributed by atoms with Gasteiger partial charge in [0.05, 0.1) is 0 Å². The van der Waals surface area contributed by atoms with Crippen LogP contribution in [-0.4, -0.2) is 24.3 Å². The average molecular weight is 417 g/mol. The number of hydrogen-bond donors (Lipinski definition) is 2. The normalized spacial score (nSPS) is 13.2. The summed E-state index contributed by atoms with van der Waals surface area (Å²) in [6, 6.07) is 18.9. The number of nitrogens with zero attached hydrogens (tertiary/aromatic N) is 1. The largest absolute Gasteiger partial charge is 0.322 e. The molecule has 0 spiro atoms. The molecule has 0 aliphatic carbocycles. The molecule has 31 heavy (non-hydrogen) atoms. The van der Waals surface area contributed by atoms with Gasteiger partial charge >= 0.3 is 0 Å². The number of nitrogens with one attached hydrogen (secondary N) is 2. The van der Waals surface area contributed by atoms with Crippen molar-refractivity contribution in [2.24, 2.45) is 0 Å². The standard InChI is InChI=1S/C24H20FN3O3/c25-18-5-2-7-20(15-18)27-24(31)17-4-1-6-19(14-17)26-23(30)16-9-11-21(12-10-16)28-13-3-8-22(28)29/h1-2,4-7,9-12,14-15H,3,8,13H2,(H,26,30)(H,27,31). The Morgan fingerprint density at radius 1 is 0.806 bits per heavy atom. The van der Waals surface area contributed by atoms with Crippen molar-refractivity contribution < 1.29 is 18.8 Å². The van der Waals surface area contributed by atoms with Gasteiger partial charge < -0.3 is 15.5 Å². The summed E-state index contributed by atoms with van der Waals surface area (Å²) in [5, 5.41) is 5.39. The van der Waals surface area contributed by atoms with E-state index in [1.54, 1.807) is 59.5 Å². The summed E-state index contributed by atoms with van der Waals surface area (Å²) in [6.45, 7) is 0.689. The minimum Gasteiger partial charge on any atom is -0.322 e. The third kappa shape index (κ3) is 4.78. The molecule has 3 aromatic rings. The molecule has 0 radical (unpaired) electrons. The van der Waals surface area contributed by atoms with Crippen molar-refractivity contribution in [1.29, 1.82) is 0 Å². The van der Waals surface area contributed by atoms with Crippen molar-refractivity contribution in [2.45, 2.75) is 12.8 Å². The van der Waals surface area contributed by atoms with Gasteiger partial charge in [-0.25, -0.2) is 4.39 Å². The van der Waals surface area contributed by atoms with Crippen molar-refractivity contribution in [3.05, 3.63) is 89.7 Å². The van der Waals surface area contributed by atoms with Crippen LogP contribution in [0, 0.1) is 5.82 Å². The summed E-state index contributed by atoms with van der Waals surface area (Å²) in [4.78, 5) is 38.6. The molecular formula is C24H20FN3O3. The molecule has 4 rings (SSSR count). The van der Waals surface area contributed by atoms with Crippen LogP contribution in [0.5, 0.6) is 0 Å². The number of halogens is 1. The van der Waals surface area contributed by atoms with E-state index in [1.807, 2.05) is 0 Å². The fraction of sp³-hybridized carbons (Fsp3) is 0.125. The van der Waals surface area contributed by atoms with E-state index in [9.17, 15) is 18.8 Å². The van der Waals surface area contributed by atoms with Crippen LogP contribution >= 0.6 is 0 Å². The summed E-state index contributed by atoms with van der Waals surface area (Å²) >= 11 is 0. The first-order chi connectivity index (χ1) is 15.0. The molecule has 0 atom stereocenters. The molecule has 1 heterocycles. The van der Waals surface area contributed by atoms with Gasteiger partial charge in [-0.15, -0.1) is 0 Å². The highest BCUT2D eigenvalue weighted by atomic mass is 19.1. The highest BCUT2D eigenvalue weighted by Gasteiger charge is 2.21. The third-order valence-corrected chi connectivity index (χ3v) is 4.98. The van der Waals surface area contributed by atoms with Crippen LogP contribution in [0.2, 0.25) is 0 Å². The average Bonchev–Trinajstić information content (AvgIpc) is 3.20. The van der Waals surface area contributed by atoms with Gasteiger partial charge in [0.25, 0.3) is 11.8 Å². The Bertz CT molecular complexity index is 1140. The first-order valence-corrected chi connectivity index (χ1v) is 9.88. The molecule has 0 saturated carbocycles. The molecule has 0 bridgehead atoms. The molecule has 6 nitrogen and oxygen atoms in total. The number of rotatable bonds is 5. The number of amides is 3. The van der Waals surface area contributed by atoms with Crippen LogP contribution in [0.25, 0.3) is 0 Å². The lowest BCUT2D eigenvalue weighted by atomic mass is 10.1. The number of carbonyl (C=O) groups excluding carboxylic acids is 3. The molecular weight excluding hydrogens is 397 g/mol. The molecule has 0 aromatic heterocycles. The van der Waals surface area contributed by atoms with Crippen molar-refractivity contribution in [3.63, 3.8) is 0 Å². The van der Waals surface area contributed by atoms with E-state index in [0.717, 1.165) is 12.1 Å². The zero-order chi connectivity index (χ0) is 21.8. The summed E-state index contributed by atoms with van der Waals surface area (Å²) < 4.78 is 13.3. The van der Waals surface area contributed by atoms with E-state index < -0.39 is 11.7 Å². The van der Waals surface area contributed by atoms with E-state index in [1.165, 1.54) is 18.2 Å². The minimum atomic E-state index is -0.445. The molecule has 2 N–H and O–H groups in total. The van der Waals surface area contributed by atoms with Crippen LogP contribution in [0.1, 0.15) is 33.6 Å². The van der Waals surface area contributed by atoms with E-state index in [2.05, 4.69) is 10.6 Å². The fourth-order valence-corrected chi connectivity index (χ4v) is 3.42. The maximum Gasteiger partial charge on any atom is 0.255 e. The smallest absolute Gasteiger partial charge is 0.255 e. The lowest BCUT2D eigenvalue weighted by Gasteiger charge is -2.16. The van der Waals surface area contributed by atoms with Gasteiger partial charge in [-0.3, -0.25) is 14.4 Å². The van der Waals surface area contributed by atoms with Gasteiger partial charge in [-0.2, -0.15) is 0 Å². The van der Waals surface area contributed by atoms with Crippen LogP contribution < -0.4 is 15.5 Å². The van der Waals surface area contributed by atoms with Gasteiger partial charge in [-0.05, 0) is 67.1 Å². The molecule has 1 fully saturated rings. The Morgan fingerprint density at radius 2 is 1.45 bits per heavy atom. The molecule has 1 aliphatic rings. The quantitative estimate of drug-likeness (QED) is 0.644. The Balaban J connectivity index is 1.43. The Kier molecular flexibility index (Phi) is 5.75. The summed E-state index contributed by atoms with van der Waals surface area (Å²) in [5.41, 5.74) is 2.33. The molecule has 0 unspecified atom stereocenters. The van der Waals surface area contributed by atoms with Crippen LogP contribution in [0.3, 0.4) is 0 Å². The number of benzene rings is 3. The van der Waals surface area contributed by atoms with Crippen LogP contribution in [-0.2, 0) is 4.79 Å². The Hall–Kier alpha value is -4.00. The molecule has 7 heteroatoms. The summed E-state index contributed by atoms with van der Waals surface area (Å²) in [7, 11) is 0. The molecule has 156 valence electrons. The van der Waals surface area contributed by atoms with Gasteiger partial charge in [0.2, 0.25) is 5.91 Å². The molecule has 3 aromatic carbocycles. The lowest BCUT2D eigenvalue weighted by molar-refractivity contribution is -0.117. The van der Waals surface area contributed by atoms with Crippen LogP contribution in [0.4, 0.5) is 21.5 Å². The Morgan fingerprint density at radius 3 is 2.10 bits per heavy atom. The lowest BCUT2D eigenvalue weighted by Crippen LogP contribution is -2.23. The third-order valence-electron chi connectivity index (χ3n) is 4.98. The number of hydrogen-bond acceptors (Lipinski definition) is 3. The van der Waals surface area contributed by atoms with E-state index in [-0.39, 0.29) is 11.8 Å². The minimum absolute atomic E-state index is 0.0885. The van der Waals surface area contributed by atoms with Crippen molar-refractivity contribution >= 4 is 34.8 Å². The first-order valence-electron chi connectivity index (χ1n) is 9.88. The Labute approximate surface area is 178 Å². The van der Waals surface area contributed by atoms with Crippen molar-refractivity contribution in [1.82, 2.24) is 0 Å². The second-order valence-electron chi connectivity index (χ2n) is 7.20. The van der Waals surface area contributed by atoms with Gasteiger partial charge in [0.1, 0.15) is 5.82 Å². The molecule has 1 aliphatic heterocycles. The van der Waals surface area contributed by atoms with Gasteiger partial charge in [0.15, 0.2) is 0 Å². The molecule has 1 saturated heterocycles. The van der Waals surface area contributed by atoms with E-state index in [0.29, 0.717) is 35.5 Å². The van der Waals surface area contributed by atoms with E-state index >= 15 is 0 Å². The second kappa shape index (κ2) is 8.79. The fourth-order valence-electron chi connectivity index (χ4n) is 3.42. The SMILES string of the molecule is O=C(Nc1cccc(C(=O)Nc2cccc(F)c2)c1)c1ccc(N2CCCC2=O)cc1. The topological polar surface area (TPSA) is 78.5 Å². The molecule has 3 amide bonds. The maximum atomic E-state index is 13.3. The van der Waals surface area contributed by atoms with Gasteiger partial charge in [0, 0.05) is 41.2 Å². The second-order valence-corrected chi connectivity index (χ2v) is 7.20. The first kappa shape index (κ1) is 20.3. The highest BCUT2D eigenvalue weighted by molar-refractivity contribution is 6.07. The number of anilines is 3. The summed E-state index contributed by atoms with van der Waals surface area (Å²) in [5.74, 6) is -1.10. The maximum absolute atomic E-state index is 13.3. The number of carbonyl (C=O) groups is 3. The predicted octanol–water partition coefficient (Wildman–Crippen LogP) is 4.46. The zero-order valence-electron chi connectivity index (χ0n) is 16.6. The van der Waals surface area contributed by atoms with Crippen molar-refractivity contribution in [3.8, 4) is 0 Å². The van der Waals surface area contributed by atoms with E-state index in [4.69, 9.17) is 0 Å². The summed E-state index contributed by atoms with van der Waals surface area (Å²) in [6.07, 6.45) is 1.38. The predicted molar refractivity (Wildman–Crippen MR) is 117 cm³/mol. The van der Waals surface area contributed by atoms with Crippen LogP contribution in [0.15, 0.2) is 72.8 Å². The highest BCUT2D eigenvalue weighted by Crippen LogP contribution is 2.22. The monoisotopic (exact) mass is 417 g/mol. The zero-order valence-corrected chi connectivity index (χ0v) is 16.6. The van der Waals surface area contributed by atoms with Gasteiger partial charge in [-0.1, -0.05) is 12.1 Å².